The SMILES string of the molecule is CC1=C(C#N)[C@H](c2ccc3c(c2)OCO3)C2=C(CC(C)(C)CC2=O)N1. The second-order valence-electron chi connectivity index (χ2n) is 7.65. The molecule has 0 saturated carbocycles. The molecule has 0 amide bonds. The van der Waals surface area contributed by atoms with E-state index >= 15 is 0 Å². The highest BCUT2D eigenvalue weighted by Gasteiger charge is 2.41. The molecular formula is C20H20N2O3. The predicted molar refractivity (Wildman–Crippen MR) is 91.8 cm³/mol. The van der Waals surface area contributed by atoms with Gasteiger partial charge >= 0.3 is 0 Å². The number of carbonyl (C=O) groups excluding carboxylic acids is 1. The number of allylic oxidation sites excluding steroid dienone is 4. The number of nitriles is 1. The molecule has 0 unspecified atom stereocenters. The van der Waals surface area contributed by atoms with Crippen LogP contribution in [0.1, 0.15) is 45.1 Å². The molecule has 0 bridgehead atoms. The van der Waals surface area contributed by atoms with Gasteiger partial charge in [0.25, 0.3) is 0 Å². The summed E-state index contributed by atoms with van der Waals surface area (Å²) in [7, 11) is 0. The van der Waals surface area contributed by atoms with Gasteiger partial charge in [0.1, 0.15) is 0 Å². The van der Waals surface area contributed by atoms with E-state index in [1.807, 2.05) is 25.1 Å². The number of benzene rings is 1. The molecule has 1 aromatic carbocycles. The quantitative estimate of drug-likeness (QED) is 0.849. The van der Waals surface area contributed by atoms with E-state index in [1.54, 1.807) is 0 Å². The van der Waals surface area contributed by atoms with Gasteiger partial charge in [0.05, 0.1) is 17.6 Å². The lowest BCUT2D eigenvalue weighted by Gasteiger charge is -2.38. The lowest BCUT2D eigenvalue weighted by atomic mass is 9.69. The van der Waals surface area contributed by atoms with Crippen molar-refractivity contribution in [3.63, 3.8) is 0 Å². The van der Waals surface area contributed by atoms with E-state index in [9.17, 15) is 10.1 Å². The van der Waals surface area contributed by atoms with Crippen molar-refractivity contribution in [2.45, 2.75) is 39.5 Å². The number of ketones is 1. The van der Waals surface area contributed by atoms with Crippen LogP contribution in [0.25, 0.3) is 0 Å². The summed E-state index contributed by atoms with van der Waals surface area (Å²) in [6.07, 6.45) is 1.29. The van der Waals surface area contributed by atoms with E-state index in [2.05, 4.69) is 25.2 Å². The van der Waals surface area contributed by atoms with E-state index in [-0.39, 0.29) is 23.9 Å². The number of hydrogen-bond donors (Lipinski definition) is 1. The summed E-state index contributed by atoms with van der Waals surface area (Å²) >= 11 is 0. The first-order valence-corrected chi connectivity index (χ1v) is 8.43. The number of fused-ring (bicyclic) bond motifs is 1. The third-order valence-electron chi connectivity index (χ3n) is 5.09. The highest BCUT2D eigenvalue weighted by atomic mass is 16.7. The van der Waals surface area contributed by atoms with Crippen molar-refractivity contribution in [3.8, 4) is 17.6 Å². The summed E-state index contributed by atoms with van der Waals surface area (Å²) in [5.41, 5.74) is 3.88. The molecule has 5 nitrogen and oxygen atoms in total. The van der Waals surface area contributed by atoms with Gasteiger partial charge in [-0.05, 0) is 36.5 Å². The molecule has 0 radical (unpaired) electrons. The number of ether oxygens (including phenoxy) is 2. The van der Waals surface area contributed by atoms with Crippen molar-refractivity contribution in [3.05, 3.63) is 46.3 Å². The van der Waals surface area contributed by atoms with Crippen LogP contribution in [0, 0.1) is 16.7 Å². The normalized spacial score (nSPS) is 23.9. The van der Waals surface area contributed by atoms with Crippen LogP contribution in [0.15, 0.2) is 40.7 Å². The molecule has 0 spiro atoms. The Balaban J connectivity index is 1.87. The fourth-order valence-electron chi connectivity index (χ4n) is 4.01. The summed E-state index contributed by atoms with van der Waals surface area (Å²) in [6, 6.07) is 7.96. The van der Waals surface area contributed by atoms with Gasteiger partial charge < -0.3 is 14.8 Å². The number of hydrogen-bond acceptors (Lipinski definition) is 5. The molecule has 0 saturated heterocycles. The summed E-state index contributed by atoms with van der Waals surface area (Å²) in [4.78, 5) is 12.9. The molecule has 0 aromatic heterocycles. The highest BCUT2D eigenvalue weighted by Crippen LogP contribution is 2.47. The molecule has 3 aliphatic rings. The Hall–Kier alpha value is -2.74. The Morgan fingerprint density at radius 1 is 1.24 bits per heavy atom. The Bertz CT molecular complexity index is 887. The topological polar surface area (TPSA) is 71.3 Å². The molecule has 2 heterocycles. The van der Waals surface area contributed by atoms with Crippen LogP contribution in [0.4, 0.5) is 0 Å². The van der Waals surface area contributed by atoms with Gasteiger partial charge in [0, 0.05) is 23.4 Å². The maximum absolute atomic E-state index is 12.9. The largest absolute Gasteiger partial charge is 0.454 e. The molecule has 2 aliphatic heterocycles. The lowest BCUT2D eigenvalue weighted by molar-refractivity contribution is -0.118. The maximum atomic E-state index is 12.9. The van der Waals surface area contributed by atoms with Gasteiger partial charge in [-0.3, -0.25) is 4.79 Å². The van der Waals surface area contributed by atoms with Crippen LogP contribution in [0.3, 0.4) is 0 Å². The zero-order valence-electron chi connectivity index (χ0n) is 14.6. The van der Waals surface area contributed by atoms with Crippen LogP contribution in [0.5, 0.6) is 11.5 Å². The monoisotopic (exact) mass is 336 g/mol. The summed E-state index contributed by atoms with van der Waals surface area (Å²) in [5.74, 6) is 1.12. The summed E-state index contributed by atoms with van der Waals surface area (Å²) < 4.78 is 10.9. The lowest BCUT2D eigenvalue weighted by Crippen LogP contribution is -2.36. The minimum atomic E-state index is -0.348. The van der Waals surface area contributed by atoms with Gasteiger partial charge in [0.15, 0.2) is 17.3 Å². The second-order valence-corrected chi connectivity index (χ2v) is 7.65. The van der Waals surface area contributed by atoms with Crippen molar-refractivity contribution in [2.24, 2.45) is 5.41 Å². The van der Waals surface area contributed by atoms with Crippen LogP contribution < -0.4 is 14.8 Å². The molecule has 5 heteroatoms. The fraction of sp³-hybridized carbons (Fsp3) is 0.400. The van der Waals surface area contributed by atoms with Gasteiger partial charge in [0.2, 0.25) is 6.79 Å². The fourth-order valence-corrected chi connectivity index (χ4v) is 4.01. The number of carbonyl (C=O) groups is 1. The molecule has 25 heavy (non-hydrogen) atoms. The van der Waals surface area contributed by atoms with Crippen molar-refractivity contribution in [1.29, 1.82) is 5.26 Å². The third kappa shape index (κ3) is 2.49. The van der Waals surface area contributed by atoms with E-state index in [4.69, 9.17) is 9.47 Å². The molecule has 1 aromatic rings. The van der Waals surface area contributed by atoms with E-state index in [0.717, 1.165) is 29.0 Å². The zero-order chi connectivity index (χ0) is 17.8. The Kier molecular flexibility index (Phi) is 3.40. The van der Waals surface area contributed by atoms with Crippen molar-refractivity contribution < 1.29 is 14.3 Å². The van der Waals surface area contributed by atoms with Gasteiger partial charge in [-0.2, -0.15) is 5.26 Å². The Morgan fingerprint density at radius 2 is 2.00 bits per heavy atom. The molecular weight excluding hydrogens is 316 g/mol. The number of nitrogens with one attached hydrogen (secondary N) is 1. The van der Waals surface area contributed by atoms with Crippen LogP contribution in [0.2, 0.25) is 0 Å². The molecule has 1 N–H and O–H groups in total. The molecule has 0 fully saturated rings. The van der Waals surface area contributed by atoms with E-state index in [1.165, 1.54) is 0 Å². The highest BCUT2D eigenvalue weighted by molar-refractivity contribution is 6.00. The summed E-state index contributed by atoms with van der Waals surface area (Å²) in [5, 5.41) is 13.0. The van der Waals surface area contributed by atoms with Crippen LogP contribution in [-0.2, 0) is 4.79 Å². The maximum Gasteiger partial charge on any atom is 0.231 e. The predicted octanol–water partition coefficient (Wildman–Crippen LogP) is 3.54. The smallest absolute Gasteiger partial charge is 0.231 e. The van der Waals surface area contributed by atoms with Gasteiger partial charge in [-0.1, -0.05) is 19.9 Å². The minimum absolute atomic E-state index is 0.0766. The molecule has 128 valence electrons. The van der Waals surface area contributed by atoms with Crippen LogP contribution in [-0.4, -0.2) is 12.6 Å². The van der Waals surface area contributed by atoms with Crippen molar-refractivity contribution in [2.75, 3.05) is 6.79 Å². The average molecular weight is 336 g/mol. The average Bonchev–Trinajstić information content (AvgIpc) is 2.99. The Labute approximate surface area is 146 Å². The van der Waals surface area contributed by atoms with Crippen molar-refractivity contribution in [1.82, 2.24) is 5.32 Å². The minimum Gasteiger partial charge on any atom is -0.454 e. The first-order valence-electron chi connectivity index (χ1n) is 8.43. The standard InChI is InChI=1S/C20H20N2O3/c1-11-13(9-21)18(12-4-5-16-17(6-12)25-10-24-16)19-14(22-11)7-20(2,3)8-15(19)23/h4-6,18,22H,7-8,10H2,1-3H3/t18-/m0/s1. The zero-order valence-corrected chi connectivity index (χ0v) is 14.6. The first-order chi connectivity index (χ1) is 11.9. The van der Waals surface area contributed by atoms with Crippen LogP contribution >= 0.6 is 0 Å². The number of rotatable bonds is 1. The summed E-state index contributed by atoms with van der Waals surface area (Å²) in [6.45, 7) is 6.30. The first kappa shape index (κ1) is 15.8. The van der Waals surface area contributed by atoms with Gasteiger partial charge in [-0.15, -0.1) is 0 Å². The van der Waals surface area contributed by atoms with E-state index in [0.29, 0.717) is 23.5 Å². The molecule has 1 aliphatic carbocycles. The molecule has 4 rings (SSSR count). The van der Waals surface area contributed by atoms with Gasteiger partial charge in [-0.25, -0.2) is 0 Å². The number of dihydropyridines is 1. The Morgan fingerprint density at radius 3 is 2.76 bits per heavy atom. The number of Topliss-reactive ketones (excluding diaryl/α,β-unsaturated/α-hetero) is 1. The van der Waals surface area contributed by atoms with E-state index < -0.39 is 0 Å². The molecule has 1 atom stereocenters. The number of nitrogens with zero attached hydrogens (tertiary/aromatic N) is 1. The second kappa shape index (κ2) is 5.38. The third-order valence-corrected chi connectivity index (χ3v) is 5.09. The van der Waals surface area contributed by atoms with Crippen molar-refractivity contribution >= 4 is 5.78 Å².